The average molecular weight is 1370 g/mol. The lowest BCUT2D eigenvalue weighted by molar-refractivity contribution is -0.149. The molecule has 10 nitrogen and oxygen atoms in total. The molecule has 0 amide bonds. The first kappa shape index (κ1) is 75.7. The number of allylic oxidation sites excluding steroid dienone is 4. The molecule has 0 saturated carbocycles. The van der Waals surface area contributed by atoms with E-state index in [9.17, 15) is 20.1 Å². The molecule has 0 atom stereocenters. The molecule has 3 aliphatic rings. The molecule has 0 spiro atoms. The van der Waals surface area contributed by atoms with E-state index in [4.69, 9.17) is 69.1 Å². The summed E-state index contributed by atoms with van der Waals surface area (Å²) >= 11 is 4.87. The molecule has 4 aromatic carbocycles. The first-order valence-electron chi connectivity index (χ1n) is 28.5. The second-order valence-corrected chi connectivity index (χ2v) is 25.3. The number of aryl methyl sites for hydroxylation is 6. The van der Waals surface area contributed by atoms with Crippen LogP contribution in [-0.2, 0) is 35.5 Å². The highest BCUT2D eigenvalue weighted by Crippen LogP contribution is 2.50. The Morgan fingerprint density at radius 1 is 0.426 bits per heavy atom. The molecule has 0 radical (unpaired) electrons. The van der Waals surface area contributed by atoms with Gasteiger partial charge in [-0.3, -0.25) is 0 Å². The van der Waals surface area contributed by atoms with Crippen molar-refractivity contribution in [3.63, 3.8) is 0 Å². The molecular formula is C69H65F12N5O5S3. The topological polar surface area (TPSA) is 124 Å². The lowest BCUT2D eigenvalue weighted by atomic mass is 9.92. The third-order valence-corrected chi connectivity index (χ3v) is 20.7. The molecule has 6 aromatic heterocycles. The van der Waals surface area contributed by atoms with Gasteiger partial charge in [0.25, 0.3) is 0 Å². The molecule has 10 aromatic rings. The van der Waals surface area contributed by atoms with Gasteiger partial charge in [0, 0.05) is 173 Å². The van der Waals surface area contributed by atoms with E-state index >= 15 is 0 Å². The number of carbonyl (C=O) groups excluding carboxylic acids is 2. The number of rotatable bonds is 8. The van der Waals surface area contributed by atoms with Crippen LogP contribution in [0.5, 0.6) is 11.5 Å². The number of fused-ring (bicyclic) bond motifs is 4. The van der Waals surface area contributed by atoms with Gasteiger partial charge in [-0.05, 0) is 187 Å². The van der Waals surface area contributed by atoms with Crippen LogP contribution in [-0.4, -0.2) is 39.9 Å². The molecule has 0 unspecified atom stereocenters. The highest BCUT2D eigenvalue weighted by atomic mass is 32.1. The second-order valence-electron chi connectivity index (χ2n) is 21.6. The van der Waals surface area contributed by atoms with Crippen molar-refractivity contribution in [3.8, 4) is 23.6 Å². The summed E-state index contributed by atoms with van der Waals surface area (Å²) in [6.07, 6.45) is 6.98. The fourth-order valence-corrected chi connectivity index (χ4v) is 16.3. The van der Waals surface area contributed by atoms with Crippen molar-refractivity contribution < 1.29 is 78.7 Å². The largest absolute Gasteiger partial charge is 0.497 e. The van der Waals surface area contributed by atoms with Crippen molar-refractivity contribution in [1.82, 2.24) is 13.7 Å². The van der Waals surface area contributed by atoms with Gasteiger partial charge in [-0.15, -0.1) is 34.0 Å². The van der Waals surface area contributed by atoms with Crippen LogP contribution < -0.4 is 9.47 Å². The second kappa shape index (κ2) is 34.2. The van der Waals surface area contributed by atoms with E-state index in [1.807, 2.05) is 61.1 Å². The summed E-state index contributed by atoms with van der Waals surface area (Å²) in [7, 11) is 9.54. The quantitative estimate of drug-likeness (QED) is 0.0843. The minimum atomic E-state index is -0.683. The van der Waals surface area contributed by atoms with Crippen molar-refractivity contribution in [2.45, 2.75) is 93.9 Å². The van der Waals surface area contributed by atoms with E-state index in [0.717, 1.165) is 50.5 Å². The number of aromatic nitrogens is 3. The zero-order chi connectivity index (χ0) is 70.2. The number of benzene rings is 4. The third-order valence-electron chi connectivity index (χ3n) is 17.4. The number of esters is 2. The van der Waals surface area contributed by atoms with E-state index in [-0.39, 0.29) is 11.1 Å². The molecule has 7 heterocycles. The number of nitriles is 2. The summed E-state index contributed by atoms with van der Waals surface area (Å²) < 4.78 is 120. The van der Waals surface area contributed by atoms with E-state index in [0.29, 0.717) is 27.3 Å². The Morgan fingerprint density at radius 2 is 0.777 bits per heavy atom. The minimum Gasteiger partial charge on any atom is -0.497 e. The van der Waals surface area contributed by atoms with Gasteiger partial charge in [0.15, 0.2) is 0 Å². The SMILES string of the molecule is COc1ccc2c(c1)c(C1=C(c3c(C)sc(C#N)c3C)C(=O)OC1=O)c(C)n2C.COc1ccc2c(c1)c(C1=C(c3c(C)sc(C#N)c3C)CCC1)c(C)n2C.Cc1sc2ccccc2c1C1=C(c2c(C)n(C)c3ccccc23)CCC1.FF.FF.FF.FF.FF.FF. The maximum Gasteiger partial charge on any atom is 0.347 e. The third kappa shape index (κ3) is 14.1. The van der Waals surface area contributed by atoms with Crippen molar-refractivity contribution in [1.29, 1.82) is 10.5 Å². The standard InChI is InChI=1S/C24H23NS.C23H24N2OS.C22H18N2O4S.6F2/c1-15-23(19-9-4-6-13-21(19)25(15)3)17-11-8-12-18(17)24-16(2)26-22-14-7-5-10-20(22)24;1-13-21(12-24)27-15(3)22(13)17-7-6-8-18(17)23-14(2)25(4)20-10-9-16(26-5)11-19(20)23;1-10-16(9-23)29-12(3)17(10)19-20(22(26)28-21(19)25)18-11(2)24(4)15-7-6-13(27-5)8-14(15)18;6*1-2/h4-7,9-10,13-14H,8,11-12H2,1-3H3;9-11H,6-8H2,1-5H3;6-8H,1-5H3;;;;;;. The molecule has 0 N–H and O–H groups in total. The highest BCUT2D eigenvalue weighted by Gasteiger charge is 2.40. The number of hydrogen-bond donors (Lipinski definition) is 0. The van der Waals surface area contributed by atoms with Gasteiger partial charge in [-0.25, -0.2) is 9.59 Å². The Bertz CT molecular complexity index is 4590. The monoisotopic (exact) mass is 1370 g/mol. The van der Waals surface area contributed by atoms with E-state index in [1.54, 1.807) is 43.6 Å². The number of methoxy groups -OCH3 is 2. The number of halogens is 12. The molecule has 0 bridgehead atoms. The van der Waals surface area contributed by atoms with Crippen molar-refractivity contribution in [2.24, 2.45) is 21.1 Å². The first-order valence-corrected chi connectivity index (χ1v) is 31.0. The smallest absolute Gasteiger partial charge is 0.347 e. The lowest BCUT2D eigenvalue weighted by Crippen LogP contribution is -2.02. The van der Waals surface area contributed by atoms with Gasteiger partial charge >= 0.3 is 11.9 Å². The van der Waals surface area contributed by atoms with Crippen LogP contribution in [0.4, 0.5) is 54.9 Å². The Hall–Kier alpha value is -9.04. The van der Waals surface area contributed by atoms with Crippen LogP contribution in [0.1, 0.15) is 125 Å². The Kier molecular flexibility index (Phi) is 27.5. The summed E-state index contributed by atoms with van der Waals surface area (Å²) in [6.45, 7) is 16.5. The van der Waals surface area contributed by atoms with Gasteiger partial charge in [0.05, 0.1) is 25.4 Å². The van der Waals surface area contributed by atoms with Crippen LogP contribution in [0.3, 0.4) is 0 Å². The van der Waals surface area contributed by atoms with Crippen LogP contribution in [0.25, 0.3) is 76.2 Å². The van der Waals surface area contributed by atoms with Crippen molar-refractivity contribution in [3.05, 3.63) is 171 Å². The van der Waals surface area contributed by atoms with Crippen molar-refractivity contribution >= 4 is 122 Å². The van der Waals surface area contributed by atoms with Gasteiger partial charge < -0.3 is 27.9 Å². The van der Waals surface area contributed by atoms with Gasteiger partial charge in [0.2, 0.25) is 0 Å². The summed E-state index contributed by atoms with van der Waals surface area (Å²) in [5.74, 6) is 0.188. The predicted octanol–water partition coefficient (Wildman–Crippen LogP) is 22.3. The molecular weight excluding hydrogens is 1300 g/mol. The van der Waals surface area contributed by atoms with Gasteiger partial charge in [-0.2, -0.15) is 10.5 Å². The maximum absolute atomic E-state index is 12.8. The number of ether oxygens (including phenoxy) is 3. The number of carbonyl (C=O) groups is 2. The molecule has 0 fully saturated rings. The molecule has 25 heteroatoms. The number of nitrogens with zero attached hydrogens (tertiary/aromatic N) is 5. The molecule has 2 aliphatic carbocycles. The van der Waals surface area contributed by atoms with E-state index < -0.39 is 11.9 Å². The summed E-state index contributed by atoms with van der Waals surface area (Å²) in [6, 6.07) is 34.2. The molecule has 0 saturated heterocycles. The average Bonchev–Trinajstić information content (AvgIpc) is 1.59. The summed E-state index contributed by atoms with van der Waals surface area (Å²) in [5.41, 5.74) is 22.2. The highest BCUT2D eigenvalue weighted by molar-refractivity contribution is 7.19. The van der Waals surface area contributed by atoms with Crippen LogP contribution in [0, 0.1) is 78.1 Å². The maximum atomic E-state index is 12.8. The van der Waals surface area contributed by atoms with Crippen LogP contribution in [0.2, 0.25) is 0 Å². The van der Waals surface area contributed by atoms with Crippen LogP contribution in [0.15, 0.2) is 84.9 Å². The summed E-state index contributed by atoms with van der Waals surface area (Å²) in [4.78, 5) is 30.4. The zero-order valence-electron chi connectivity index (χ0n) is 53.4. The number of cyclic esters (lactones) is 2. The van der Waals surface area contributed by atoms with Crippen molar-refractivity contribution in [2.75, 3.05) is 14.2 Å². The summed E-state index contributed by atoms with van der Waals surface area (Å²) in [5, 5.41) is 23.7. The Morgan fingerprint density at radius 3 is 1.23 bits per heavy atom. The van der Waals surface area contributed by atoms with E-state index in [2.05, 4.69) is 131 Å². The Balaban J connectivity index is 0.000000236. The Labute approximate surface area is 546 Å². The normalized spacial score (nSPS) is 12.9. The lowest BCUT2D eigenvalue weighted by Gasteiger charge is -2.11. The minimum absolute atomic E-state index is 0.223. The van der Waals surface area contributed by atoms with E-state index in [1.165, 1.54) is 123 Å². The zero-order valence-corrected chi connectivity index (χ0v) is 55.8. The van der Waals surface area contributed by atoms with Gasteiger partial charge in [-0.1, -0.05) is 36.4 Å². The number of hydrogen-bond acceptors (Lipinski definition) is 10. The molecule has 94 heavy (non-hydrogen) atoms. The molecule has 1 aliphatic heterocycles. The fourth-order valence-electron chi connectivity index (χ4n) is 13.3. The number of para-hydroxylation sites is 1. The predicted molar refractivity (Wildman–Crippen MR) is 352 cm³/mol. The molecule has 13 rings (SSSR count). The molecule has 498 valence electrons. The first-order chi connectivity index (χ1) is 45.4. The number of thiophene rings is 3. The van der Waals surface area contributed by atoms with Crippen LogP contribution >= 0.6 is 34.0 Å². The fraction of sp³-hybridized carbons (Fsp3) is 0.275. The van der Waals surface area contributed by atoms with Gasteiger partial charge in [0.1, 0.15) is 33.4 Å².